The van der Waals surface area contributed by atoms with E-state index in [0.29, 0.717) is 32.7 Å². The third-order valence-corrected chi connectivity index (χ3v) is 7.82. The number of benzene rings is 1. The summed E-state index contributed by atoms with van der Waals surface area (Å²) in [5.74, 6) is -0.257. The Morgan fingerprint density at radius 1 is 1.06 bits per heavy atom. The third-order valence-electron chi connectivity index (χ3n) is 5.54. The van der Waals surface area contributed by atoms with Crippen LogP contribution in [0.3, 0.4) is 0 Å². The smallest absolute Gasteiger partial charge is 0.260 e. The second-order valence-electron chi connectivity index (χ2n) is 7.51. The summed E-state index contributed by atoms with van der Waals surface area (Å²) >= 11 is 3.28. The second-order valence-corrected chi connectivity index (χ2v) is 10.3. The molecule has 1 fully saturated rings. The van der Waals surface area contributed by atoms with Crippen molar-refractivity contribution >= 4 is 26.0 Å². The minimum absolute atomic E-state index is 0.0169. The Labute approximate surface area is 189 Å². The Hall–Kier alpha value is -2.14. The number of pyridine rings is 1. The second kappa shape index (κ2) is 9.15. The Balaban J connectivity index is 1.40. The molecule has 164 valence electrons. The Morgan fingerprint density at radius 2 is 1.77 bits per heavy atom. The molecule has 1 aliphatic rings. The van der Waals surface area contributed by atoms with E-state index in [9.17, 15) is 12.8 Å². The predicted octanol–water partition coefficient (Wildman–Crippen LogP) is 3.30. The molecular formula is C21H23BrFN5O2S. The van der Waals surface area contributed by atoms with E-state index in [2.05, 4.69) is 35.4 Å². The minimum Gasteiger partial charge on any atom is -0.326 e. The van der Waals surface area contributed by atoms with Gasteiger partial charge in [-0.05, 0) is 52.7 Å². The van der Waals surface area contributed by atoms with Gasteiger partial charge in [0, 0.05) is 49.6 Å². The van der Waals surface area contributed by atoms with E-state index in [-0.39, 0.29) is 16.9 Å². The fourth-order valence-corrected chi connectivity index (χ4v) is 5.28. The van der Waals surface area contributed by atoms with Gasteiger partial charge >= 0.3 is 0 Å². The number of piperazine rings is 1. The fourth-order valence-electron chi connectivity index (χ4n) is 3.71. The first-order valence-corrected chi connectivity index (χ1v) is 12.2. The van der Waals surface area contributed by atoms with Crippen molar-refractivity contribution in [2.24, 2.45) is 0 Å². The molecule has 1 aromatic carbocycles. The maximum absolute atomic E-state index is 13.2. The van der Waals surface area contributed by atoms with E-state index in [1.54, 1.807) is 24.5 Å². The Bertz CT molecular complexity index is 1130. The van der Waals surface area contributed by atoms with Crippen LogP contribution in [-0.2, 0) is 16.6 Å². The standard InChI is InChI=1S/C21H23BrFN5O2S/c1-16(17-2-5-19(23)6-3-17)28-15-24-13-20(28)14-26-8-10-27(11-9-26)31(29,30)21-7-4-18(22)12-25-21/h2-7,12-13,15-16H,8-11,14H2,1H3. The molecule has 0 saturated carbocycles. The highest BCUT2D eigenvalue weighted by molar-refractivity contribution is 9.10. The average molecular weight is 508 g/mol. The van der Waals surface area contributed by atoms with Gasteiger partial charge in [0.05, 0.1) is 18.1 Å². The van der Waals surface area contributed by atoms with Gasteiger partial charge in [-0.15, -0.1) is 0 Å². The first-order valence-electron chi connectivity index (χ1n) is 9.95. The van der Waals surface area contributed by atoms with Crippen LogP contribution in [0.5, 0.6) is 0 Å². The van der Waals surface area contributed by atoms with Crippen molar-refractivity contribution in [2.45, 2.75) is 24.5 Å². The Kier molecular flexibility index (Phi) is 6.52. The molecule has 3 heterocycles. The zero-order valence-electron chi connectivity index (χ0n) is 17.0. The van der Waals surface area contributed by atoms with Gasteiger partial charge in [-0.3, -0.25) is 4.90 Å². The lowest BCUT2D eigenvalue weighted by Gasteiger charge is -2.34. The lowest BCUT2D eigenvalue weighted by atomic mass is 10.1. The van der Waals surface area contributed by atoms with Gasteiger partial charge in [0.2, 0.25) is 0 Å². The number of aromatic nitrogens is 3. The third kappa shape index (κ3) is 4.87. The first kappa shape index (κ1) is 22.1. The number of sulfonamides is 1. The molecule has 10 heteroatoms. The molecule has 1 atom stereocenters. The van der Waals surface area contributed by atoms with Gasteiger partial charge in [-0.25, -0.2) is 22.8 Å². The topological polar surface area (TPSA) is 71.3 Å². The van der Waals surface area contributed by atoms with Crippen LogP contribution in [0.4, 0.5) is 4.39 Å². The summed E-state index contributed by atoms with van der Waals surface area (Å²) in [4.78, 5) is 10.6. The van der Waals surface area contributed by atoms with Gasteiger partial charge in [0.25, 0.3) is 10.0 Å². The molecule has 1 unspecified atom stereocenters. The summed E-state index contributed by atoms with van der Waals surface area (Å²) in [6.07, 6.45) is 5.10. The largest absolute Gasteiger partial charge is 0.326 e. The van der Waals surface area contributed by atoms with E-state index in [1.165, 1.54) is 28.7 Å². The van der Waals surface area contributed by atoms with E-state index >= 15 is 0 Å². The molecule has 0 amide bonds. The van der Waals surface area contributed by atoms with Crippen LogP contribution in [0.25, 0.3) is 0 Å². The summed E-state index contributed by atoms with van der Waals surface area (Å²) < 4.78 is 43.2. The maximum atomic E-state index is 13.2. The number of hydrogen-bond donors (Lipinski definition) is 0. The number of nitrogens with zero attached hydrogens (tertiary/aromatic N) is 5. The van der Waals surface area contributed by atoms with Gasteiger partial charge < -0.3 is 4.57 Å². The van der Waals surface area contributed by atoms with Crippen LogP contribution >= 0.6 is 15.9 Å². The van der Waals surface area contributed by atoms with E-state index in [1.807, 2.05) is 13.1 Å². The minimum atomic E-state index is -3.60. The molecule has 0 aliphatic carbocycles. The van der Waals surface area contributed by atoms with Crippen LogP contribution in [-0.4, -0.2) is 58.3 Å². The Morgan fingerprint density at radius 3 is 2.42 bits per heavy atom. The molecule has 0 N–H and O–H groups in total. The number of rotatable bonds is 6. The molecule has 2 aromatic heterocycles. The summed E-state index contributed by atoms with van der Waals surface area (Å²) in [5.41, 5.74) is 2.03. The van der Waals surface area contributed by atoms with Crippen molar-refractivity contribution in [3.8, 4) is 0 Å². The number of hydrogen-bond acceptors (Lipinski definition) is 5. The van der Waals surface area contributed by atoms with Crippen molar-refractivity contribution in [3.05, 3.63) is 76.7 Å². The van der Waals surface area contributed by atoms with Gasteiger partial charge in [-0.1, -0.05) is 12.1 Å². The van der Waals surface area contributed by atoms with Crippen molar-refractivity contribution in [3.63, 3.8) is 0 Å². The zero-order valence-corrected chi connectivity index (χ0v) is 19.4. The summed E-state index contributed by atoms with van der Waals surface area (Å²) in [6.45, 7) is 4.76. The van der Waals surface area contributed by atoms with Crippen LogP contribution in [0.15, 0.2) is 64.6 Å². The van der Waals surface area contributed by atoms with Crippen molar-refractivity contribution in [1.29, 1.82) is 0 Å². The molecule has 7 nitrogen and oxygen atoms in total. The van der Waals surface area contributed by atoms with E-state index in [0.717, 1.165) is 15.7 Å². The van der Waals surface area contributed by atoms with Crippen LogP contribution < -0.4 is 0 Å². The van der Waals surface area contributed by atoms with Gasteiger partial charge in [0.1, 0.15) is 5.82 Å². The SMILES string of the molecule is CC(c1ccc(F)cc1)n1cncc1CN1CCN(S(=O)(=O)c2ccc(Br)cn2)CC1. The maximum Gasteiger partial charge on any atom is 0.260 e. The monoisotopic (exact) mass is 507 g/mol. The molecule has 1 saturated heterocycles. The predicted molar refractivity (Wildman–Crippen MR) is 118 cm³/mol. The van der Waals surface area contributed by atoms with E-state index < -0.39 is 10.0 Å². The van der Waals surface area contributed by atoms with Crippen molar-refractivity contribution < 1.29 is 12.8 Å². The summed E-state index contributed by atoms with van der Waals surface area (Å²) in [5, 5.41) is 0.0651. The highest BCUT2D eigenvalue weighted by Gasteiger charge is 2.29. The molecule has 3 aromatic rings. The molecule has 0 spiro atoms. The number of halogens is 2. The number of imidazole rings is 1. The highest BCUT2D eigenvalue weighted by Crippen LogP contribution is 2.22. The quantitative estimate of drug-likeness (QED) is 0.511. The molecular weight excluding hydrogens is 485 g/mol. The molecule has 4 rings (SSSR count). The van der Waals surface area contributed by atoms with Crippen LogP contribution in [0, 0.1) is 5.82 Å². The normalized spacial score (nSPS) is 17.0. The lowest BCUT2D eigenvalue weighted by Crippen LogP contribution is -2.48. The van der Waals surface area contributed by atoms with Crippen LogP contribution in [0.1, 0.15) is 24.2 Å². The van der Waals surface area contributed by atoms with E-state index in [4.69, 9.17) is 0 Å². The zero-order chi connectivity index (χ0) is 22.0. The van der Waals surface area contributed by atoms with Crippen LogP contribution in [0.2, 0.25) is 0 Å². The molecule has 31 heavy (non-hydrogen) atoms. The molecule has 1 aliphatic heterocycles. The van der Waals surface area contributed by atoms with Gasteiger partial charge in [0.15, 0.2) is 5.03 Å². The lowest BCUT2D eigenvalue weighted by molar-refractivity contribution is 0.177. The molecule has 0 bridgehead atoms. The summed E-state index contributed by atoms with van der Waals surface area (Å²) in [7, 11) is -3.60. The first-order chi connectivity index (χ1) is 14.8. The molecule has 0 radical (unpaired) electrons. The van der Waals surface area contributed by atoms with Crippen molar-refractivity contribution in [2.75, 3.05) is 26.2 Å². The summed E-state index contributed by atoms with van der Waals surface area (Å²) in [6, 6.07) is 9.70. The fraction of sp³-hybridized carbons (Fsp3) is 0.333. The van der Waals surface area contributed by atoms with Crippen molar-refractivity contribution in [1.82, 2.24) is 23.7 Å². The highest BCUT2D eigenvalue weighted by atomic mass is 79.9. The average Bonchev–Trinajstić information content (AvgIpc) is 3.22. The van der Waals surface area contributed by atoms with Gasteiger partial charge in [-0.2, -0.15) is 4.31 Å².